The summed E-state index contributed by atoms with van der Waals surface area (Å²) in [4.78, 5) is 11.7. The summed E-state index contributed by atoms with van der Waals surface area (Å²) < 4.78 is 42.9. The molecule has 0 bridgehead atoms. The van der Waals surface area contributed by atoms with Crippen molar-refractivity contribution in [1.82, 2.24) is 0 Å². The van der Waals surface area contributed by atoms with E-state index in [-0.39, 0.29) is 17.8 Å². The van der Waals surface area contributed by atoms with Crippen LogP contribution >= 0.6 is 0 Å². The van der Waals surface area contributed by atoms with Gasteiger partial charge < -0.3 is 10.5 Å². The zero-order chi connectivity index (χ0) is 15.5. The number of anilines is 1. The number of rotatable bonds is 2. The van der Waals surface area contributed by atoms with Crippen LogP contribution in [0.5, 0.6) is 0 Å². The minimum atomic E-state index is -4.44. The zero-order valence-electron chi connectivity index (χ0n) is 11.3. The molecule has 0 saturated heterocycles. The van der Waals surface area contributed by atoms with E-state index in [0.717, 1.165) is 25.0 Å². The summed E-state index contributed by atoms with van der Waals surface area (Å²) in [6.07, 6.45) is -2.50. The predicted octanol–water partition coefficient (Wildman–Crippen LogP) is 3.52. The first kappa shape index (κ1) is 15.6. The van der Waals surface area contributed by atoms with Crippen LogP contribution in [0.2, 0.25) is 0 Å². The van der Waals surface area contributed by atoms with Gasteiger partial charge in [0, 0.05) is 11.7 Å². The third kappa shape index (κ3) is 4.63. The molecule has 0 unspecified atom stereocenters. The maximum absolute atomic E-state index is 12.6. The molecule has 0 aromatic heterocycles. The first-order valence-corrected chi connectivity index (χ1v) is 6.75. The molecule has 116 valence electrons. The lowest BCUT2D eigenvalue weighted by Crippen LogP contribution is -2.32. The molecule has 1 fully saturated rings. The van der Waals surface area contributed by atoms with Crippen LogP contribution in [0, 0.1) is 0 Å². The standard InChI is InChI=1S/C14H17F3N2O2/c15-14(16,17)9-2-1-3-11(8-9)19-13(20)21-12-6-4-10(18)5-7-12/h1-3,8,10,12H,4-7,18H2,(H,19,20). The maximum Gasteiger partial charge on any atom is 0.416 e. The first-order valence-electron chi connectivity index (χ1n) is 6.75. The second-order valence-corrected chi connectivity index (χ2v) is 5.15. The van der Waals surface area contributed by atoms with Crippen LogP contribution < -0.4 is 11.1 Å². The van der Waals surface area contributed by atoms with E-state index in [9.17, 15) is 18.0 Å². The minimum Gasteiger partial charge on any atom is -0.446 e. The quantitative estimate of drug-likeness (QED) is 0.878. The van der Waals surface area contributed by atoms with Crippen molar-refractivity contribution in [2.75, 3.05) is 5.32 Å². The fraction of sp³-hybridized carbons (Fsp3) is 0.500. The summed E-state index contributed by atoms with van der Waals surface area (Å²) in [6.45, 7) is 0. The molecular formula is C14H17F3N2O2. The average molecular weight is 302 g/mol. The number of halogens is 3. The minimum absolute atomic E-state index is 0.0577. The Morgan fingerprint density at radius 3 is 2.52 bits per heavy atom. The second-order valence-electron chi connectivity index (χ2n) is 5.15. The molecule has 1 amide bonds. The summed E-state index contributed by atoms with van der Waals surface area (Å²) in [5.74, 6) is 0. The summed E-state index contributed by atoms with van der Waals surface area (Å²) in [7, 11) is 0. The summed E-state index contributed by atoms with van der Waals surface area (Å²) in [6, 6.07) is 4.57. The monoisotopic (exact) mass is 302 g/mol. The van der Waals surface area contributed by atoms with E-state index in [1.54, 1.807) is 0 Å². The van der Waals surface area contributed by atoms with Gasteiger partial charge in [-0.3, -0.25) is 5.32 Å². The fourth-order valence-corrected chi connectivity index (χ4v) is 2.28. The zero-order valence-corrected chi connectivity index (χ0v) is 11.3. The van der Waals surface area contributed by atoms with Crippen molar-refractivity contribution < 1.29 is 22.7 Å². The molecule has 1 saturated carbocycles. The maximum atomic E-state index is 12.6. The van der Waals surface area contributed by atoms with Gasteiger partial charge in [-0.1, -0.05) is 6.07 Å². The van der Waals surface area contributed by atoms with Crippen molar-refractivity contribution >= 4 is 11.8 Å². The van der Waals surface area contributed by atoms with Crippen LogP contribution in [0.25, 0.3) is 0 Å². The number of hydrogen-bond donors (Lipinski definition) is 2. The number of nitrogens with one attached hydrogen (secondary N) is 1. The number of carbonyl (C=O) groups is 1. The number of benzene rings is 1. The number of carbonyl (C=O) groups excluding carboxylic acids is 1. The van der Waals surface area contributed by atoms with Crippen molar-refractivity contribution in [2.24, 2.45) is 5.73 Å². The molecule has 4 nitrogen and oxygen atoms in total. The summed E-state index contributed by atoms with van der Waals surface area (Å²) >= 11 is 0. The molecule has 1 aromatic rings. The summed E-state index contributed by atoms with van der Waals surface area (Å²) in [5, 5.41) is 2.32. The van der Waals surface area contributed by atoms with Gasteiger partial charge in [-0.05, 0) is 43.9 Å². The van der Waals surface area contributed by atoms with Crippen molar-refractivity contribution in [1.29, 1.82) is 0 Å². The predicted molar refractivity (Wildman–Crippen MR) is 71.8 cm³/mol. The second kappa shape index (κ2) is 6.34. The highest BCUT2D eigenvalue weighted by Gasteiger charge is 2.30. The third-order valence-electron chi connectivity index (χ3n) is 3.43. The van der Waals surface area contributed by atoms with Crippen LogP contribution in [-0.4, -0.2) is 18.2 Å². The highest BCUT2D eigenvalue weighted by molar-refractivity contribution is 5.84. The number of amides is 1. The van der Waals surface area contributed by atoms with Gasteiger partial charge in [0.05, 0.1) is 5.56 Å². The van der Waals surface area contributed by atoms with Crippen LogP contribution in [0.3, 0.4) is 0 Å². The van der Waals surface area contributed by atoms with Crippen LogP contribution in [0.1, 0.15) is 31.2 Å². The molecule has 1 aliphatic carbocycles. The van der Waals surface area contributed by atoms with E-state index in [1.807, 2.05) is 0 Å². The molecule has 0 spiro atoms. The van der Waals surface area contributed by atoms with Crippen molar-refractivity contribution in [3.8, 4) is 0 Å². The number of nitrogens with two attached hydrogens (primary N) is 1. The Bertz CT molecular complexity index is 497. The third-order valence-corrected chi connectivity index (χ3v) is 3.43. The van der Waals surface area contributed by atoms with E-state index in [0.29, 0.717) is 12.8 Å². The number of alkyl halides is 3. The number of ether oxygens (including phenoxy) is 1. The topological polar surface area (TPSA) is 64.3 Å². The Morgan fingerprint density at radius 2 is 1.90 bits per heavy atom. The van der Waals surface area contributed by atoms with E-state index in [2.05, 4.69) is 5.32 Å². The van der Waals surface area contributed by atoms with E-state index >= 15 is 0 Å². The average Bonchev–Trinajstić information content (AvgIpc) is 2.41. The molecule has 0 radical (unpaired) electrons. The molecule has 2 rings (SSSR count). The molecule has 3 N–H and O–H groups in total. The Hall–Kier alpha value is -1.76. The molecule has 0 atom stereocenters. The van der Waals surface area contributed by atoms with Gasteiger partial charge in [0.2, 0.25) is 0 Å². The molecule has 1 aliphatic rings. The Kier molecular flexibility index (Phi) is 4.72. The van der Waals surface area contributed by atoms with Gasteiger partial charge in [-0.15, -0.1) is 0 Å². The van der Waals surface area contributed by atoms with Crippen molar-refractivity contribution in [3.63, 3.8) is 0 Å². The van der Waals surface area contributed by atoms with E-state index in [1.165, 1.54) is 12.1 Å². The van der Waals surface area contributed by atoms with Gasteiger partial charge in [-0.2, -0.15) is 13.2 Å². The fourth-order valence-electron chi connectivity index (χ4n) is 2.28. The van der Waals surface area contributed by atoms with Crippen molar-refractivity contribution in [3.05, 3.63) is 29.8 Å². The summed E-state index contributed by atoms with van der Waals surface area (Å²) in [5.41, 5.74) is 4.99. The van der Waals surface area contributed by atoms with Crippen LogP contribution in [-0.2, 0) is 10.9 Å². The molecule has 0 aliphatic heterocycles. The highest BCUT2D eigenvalue weighted by atomic mass is 19.4. The van der Waals surface area contributed by atoms with Crippen LogP contribution in [0.4, 0.5) is 23.7 Å². The van der Waals surface area contributed by atoms with Crippen molar-refractivity contribution in [2.45, 2.75) is 44.0 Å². The molecular weight excluding hydrogens is 285 g/mol. The highest BCUT2D eigenvalue weighted by Crippen LogP contribution is 2.30. The van der Waals surface area contributed by atoms with Gasteiger partial charge in [0.25, 0.3) is 0 Å². The van der Waals surface area contributed by atoms with Gasteiger partial charge in [-0.25, -0.2) is 4.79 Å². The normalized spacial score (nSPS) is 22.7. The Morgan fingerprint density at radius 1 is 1.24 bits per heavy atom. The van der Waals surface area contributed by atoms with E-state index in [4.69, 9.17) is 10.5 Å². The first-order chi connectivity index (χ1) is 9.84. The van der Waals surface area contributed by atoms with Gasteiger partial charge in [0.15, 0.2) is 0 Å². The lowest BCUT2D eigenvalue weighted by atomic mass is 9.94. The molecule has 0 heterocycles. The smallest absolute Gasteiger partial charge is 0.416 e. The van der Waals surface area contributed by atoms with E-state index < -0.39 is 17.8 Å². The lowest BCUT2D eigenvalue weighted by molar-refractivity contribution is -0.137. The van der Waals surface area contributed by atoms with Crippen LogP contribution in [0.15, 0.2) is 24.3 Å². The number of hydrogen-bond acceptors (Lipinski definition) is 3. The lowest BCUT2D eigenvalue weighted by Gasteiger charge is -2.25. The molecule has 7 heteroatoms. The Labute approximate surface area is 120 Å². The Balaban J connectivity index is 1.91. The largest absolute Gasteiger partial charge is 0.446 e. The molecule has 1 aromatic carbocycles. The van der Waals surface area contributed by atoms with Gasteiger partial charge >= 0.3 is 12.3 Å². The SMILES string of the molecule is NC1CCC(OC(=O)Nc2cccc(C(F)(F)F)c2)CC1. The van der Waals surface area contributed by atoms with Gasteiger partial charge in [0.1, 0.15) is 6.10 Å². The molecule has 21 heavy (non-hydrogen) atoms.